The first kappa shape index (κ1) is 21.0. The second-order valence-electron chi connectivity index (χ2n) is 7.55. The molecule has 0 amide bonds. The normalized spacial score (nSPS) is 15.2. The van der Waals surface area contributed by atoms with Gasteiger partial charge in [0, 0.05) is 31.4 Å². The molecule has 2 heterocycles. The molecule has 1 N–H and O–H groups in total. The van der Waals surface area contributed by atoms with E-state index in [-0.39, 0.29) is 22.4 Å². The number of ether oxygens (including phenoxy) is 1. The number of benzene rings is 2. The van der Waals surface area contributed by atoms with E-state index in [1.165, 1.54) is 0 Å². The average molecular weight is 448 g/mol. The number of anilines is 1. The van der Waals surface area contributed by atoms with E-state index in [1.54, 1.807) is 22.8 Å². The molecule has 0 bridgehead atoms. The second kappa shape index (κ2) is 8.50. The van der Waals surface area contributed by atoms with E-state index in [9.17, 15) is 13.2 Å². The third-order valence-electron chi connectivity index (χ3n) is 5.19. The predicted octanol–water partition coefficient (Wildman–Crippen LogP) is 2.96. The molecule has 1 aromatic heterocycles. The Morgan fingerprint density at radius 1 is 1.10 bits per heavy atom. The number of nitrogens with one attached hydrogen (secondary N) is 1. The molecule has 2 aromatic carbocycles. The first-order valence-electron chi connectivity index (χ1n) is 9.91. The summed E-state index contributed by atoms with van der Waals surface area (Å²) >= 11 is 1.07. The molecule has 0 radical (unpaired) electrons. The van der Waals surface area contributed by atoms with Crippen molar-refractivity contribution in [3.05, 3.63) is 57.7 Å². The molecule has 1 saturated heterocycles. The summed E-state index contributed by atoms with van der Waals surface area (Å²) in [7, 11) is -3.69. The Bertz CT molecular complexity index is 1190. The Balaban J connectivity index is 1.48. The fourth-order valence-corrected chi connectivity index (χ4v) is 5.75. The highest BCUT2D eigenvalue weighted by molar-refractivity contribution is 7.89. The number of nitrogens with zero attached hydrogens (tertiary/aromatic N) is 2. The Morgan fingerprint density at radius 3 is 2.47 bits per heavy atom. The lowest BCUT2D eigenvalue weighted by molar-refractivity contribution is 0.122. The van der Waals surface area contributed by atoms with E-state index in [4.69, 9.17) is 4.74 Å². The molecule has 160 valence electrons. The highest BCUT2D eigenvalue weighted by atomic mass is 32.2. The van der Waals surface area contributed by atoms with Gasteiger partial charge >= 0.3 is 4.87 Å². The van der Waals surface area contributed by atoms with Crippen LogP contribution in [0.5, 0.6) is 0 Å². The van der Waals surface area contributed by atoms with Crippen LogP contribution in [-0.4, -0.2) is 39.3 Å². The lowest BCUT2D eigenvalue weighted by Crippen LogP contribution is -2.36. The minimum Gasteiger partial charge on any atom is -0.378 e. The SMILES string of the molecule is CC(C)n1c(=O)sc2cc(S(=O)(=O)NCc3ccc(N4CCOCC4)cc3)ccc21. The summed E-state index contributed by atoms with van der Waals surface area (Å²) in [6.07, 6.45) is 0. The lowest BCUT2D eigenvalue weighted by atomic mass is 10.2. The predicted molar refractivity (Wildman–Crippen MR) is 120 cm³/mol. The first-order chi connectivity index (χ1) is 14.3. The van der Waals surface area contributed by atoms with Crippen molar-refractivity contribution in [2.75, 3.05) is 31.2 Å². The fraction of sp³-hybridized carbons (Fsp3) is 0.381. The molecule has 9 heteroatoms. The molecule has 30 heavy (non-hydrogen) atoms. The molecule has 1 aliphatic rings. The summed E-state index contributed by atoms with van der Waals surface area (Å²) in [5.41, 5.74) is 2.75. The zero-order chi connectivity index (χ0) is 21.3. The molecule has 0 spiro atoms. The van der Waals surface area contributed by atoms with E-state index in [0.29, 0.717) is 4.70 Å². The minimum absolute atomic E-state index is 0.0206. The van der Waals surface area contributed by atoms with E-state index < -0.39 is 10.0 Å². The Hall–Kier alpha value is -2.20. The number of hydrogen-bond donors (Lipinski definition) is 1. The van der Waals surface area contributed by atoms with Crippen molar-refractivity contribution in [3.8, 4) is 0 Å². The zero-order valence-electron chi connectivity index (χ0n) is 17.0. The smallest absolute Gasteiger partial charge is 0.308 e. The Morgan fingerprint density at radius 2 is 1.80 bits per heavy atom. The first-order valence-corrected chi connectivity index (χ1v) is 12.2. The maximum atomic E-state index is 12.8. The van der Waals surface area contributed by atoms with Crippen LogP contribution in [0.1, 0.15) is 25.5 Å². The van der Waals surface area contributed by atoms with Crippen molar-refractivity contribution < 1.29 is 13.2 Å². The molecule has 7 nitrogen and oxygen atoms in total. The van der Waals surface area contributed by atoms with Gasteiger partial charge in [-0.3, -0.25) is 9.36 Å². The van der Waals surface area contributed by atoms with Crippen LogP contribution in [0, 0.1) is 0 Å². The number of morpholine rings is 1. The maximum absolute atomic E-state index is 12.8. The minimum atomic E-state index is -3.69. The van der Waals surface area contributed by atoms with Crippen LogP contribution in [0.3, 0.4) is 0 Å². The number of thiazole rings is 1. The highest BCUT2D eigenvalue weighted by Gasteiger charge is 2.18. The summed E-state index contributed by atoms with van der Waals surface area (Å²) < 4.78 is 35.9. The standard InChI is InChI=1S/C21H25N3O4S2/c1-15(2)24-19-8-7-18(13-20(19)29-21(24)25)30(26,27)22-14-16-3-5-17(6-4-16)23-9-11-28-12-10-23/h3-8,13,15,22H,9-12,14H2,1-2H3. The third kappa shape index (κ3) is 4.29. The number of sulfonamides is 1. The van der Waals surface area contributed by atoms with Gasteiger partial charge in [0.15, 0.2) is 0 Å². The largest absolute Gasteiger partial charge is 0.378 e. The van der Waals surface area contributed by atoms with Gasteiger partial charge in [-0.05, 0) is 49.7 Å². The van der Waals surface area contributed by atoms with Crippen LogP contribution >= 0.6 is 11.3 Å². The average Bonchev–Trinajstić information content (AvgIpc) is 3.08. The van der Waals surface area contributed by atoms with Crippen LogP contribution in [0.2, 0.25) is 0 Å². The van der Waals surface area contributed by atoms with Gasteiger partial charge in [0.05, 0.1) is 28.3 Å². The van der Waals surface area contributed by atoms with Crippen molar-refractivity contribution in [3.63, 3.8) is 0 Å². The summed E-state index contributed by atoms with van der Waals surface area (Å²) in [5.74, 6) is 0. The lowest BCUT2D eigenvalue weighted by Gasteiger charge is -2.28. The quantitative estimate of drug-likeness (QED) is 0.628. The van der Waals surface area contributed by atoms with Crippen LogP contribution < -0.4 is 14.5 Å². The molecular weight excluding hydrogens is 422 g/mol. The Labute approximate surface area is 179 Å². The molecule has 4 rings (SSSR count). The highest BCUT2D eigenvalue weighted by Crippen LogP contribution is 2.24. The summed E-state index contributed by atoms with van der Waals surface area (Å²) in [6.45, 7) is 7.24. The van der Waals surface area contributed by atoms with Gasteiger partial charge in [-0.1, -0.05) is 23.5 Å². The summed E-state index contributed by atoms with van der Waals surface area (Å²) in [6, 6.07) is 12.7. The van der Waals surface area contributed by atoms with Crippen LogP contribution in [0.25, 0.3) is 10.2 Å². The molecule has 0 atom stereocenters. The summed E-state index contributed by atoms with van der Waals surface area (Å²) in [4.78, 5) is 14.5. The Kier molecular flexibility index (Phi) is 5.97. The van der Waals surface area contributed by atoms with E-state index >= 15 is 0 Å². The summed E-state index contributed by atoms with van der Waals surface area (Å²) in [5, 5.41) is 0. The van der Waals surface area contributed by atoms with E-state index in [1.807, 2.05) is 38.1 Å². The molecule has 0 saturated carbocycles. The molecule has 1 fully saturated rings. The number of aromatic nitrogens is 1. The van der Waals surface area contributed by atoms with Crippen molar-refractivity contribution in [1.29, 1.82) is 0 Å². The second-order valence-corrected chi connectivity index (χ2v) is 10.3. The third-order valence-corrected chi connectivity index (χ3v) is 7.51. The van der Waals surface area contributed by atoms with Gasteiger partial charge < -0.3 is 9.64 Å². The van der Waals surface area contributed by atoms with Crippen LogP contribution in [0.4, 0.5) is 5.69 Å². The molecule has 0 aliphatic carbocycles. The van der Waals surface area contributed by atoms with Gasteiger partial charge in [0.1, 0.15) is 0 Å². The molecule has 3 aromatic rings. The fourth-order valence-electron chi connectivity index (χ4n) is 3.58. The number of fused-ring (bicyclic) bond motifs is 1. The van der Waals surface area contributed by atoms with Crippen molar-refractivity contribution in [2.45, 2.75) is 31.3 Å². The number of rotatable bonds is 6. The van der Waals surface area contributed by atoms with Gasteiger partial charge in [-0.2, -0.15) is 0 Å². The van der Waals surface area contributed by atoms with Gasteiger partial charge in [0.25, 0.3) is 0 Å². The molecular formula is C21H25N3O4S2. The monoisotopic (exact) mass is 447 g/mol. The van der Waals surface area contributed by atoms with Crippen molar-refractivity contribution in [1.82, 2.24) is 9.29 Å². The van der Waals surface area contributed by atoms with E-state index in [0.717, 1.165) is 54.4 Å². The van der Waals surface area contributed by atoms with Crippen LogP contribution in [-0.2, 0) is 21.3 Å². The molecule has 1 aliphatic heterocycles. The van der Waals surface area contributed by atoms with Gasteiger partial charge in [-0.25, -0.2) is 13.1 Å². The zero-order valence-corrected chi connectivity index (χ0v) is 18.6. The molecule has 0 unspecified atom stereocenters. The maximum Gasteiger partial charge on any atom is 0.308 e. The van der Waals surface area contributed by atoms with Crippen molar-refractivity contribution in [2.24, 2.45) is 0 Å². The number of hydrogen-bond acceptors (Lipinski definition) is 6. The van der Waals surface area contributed by atoms with Gasteiger partial charge in [-0.15, -0.1) is 0 Å². The topological polar surface area (TPSA) is 80.6 Å². The van der Waals surface area contributed by atoms with E-state index in [2.05, 4.69) is 9.62 Å². The van der Waals surface area contributed by atoms with Gasteiger partial charge in [0.2, 0.25) is 10.0 Å². The van der Waals surface area contributed by atoms with Crippen LogP contribution in [0.15, 0.2) is 52.2 Å². The van der Waals surface area contributed by atoms with Crippen molar-refractivity contribution >= 4 is 37.3 Å².